The van der Waals surface area contributed by atoms with Gasteiger partial charge in [0.25, 0.3) is 5.91 Å². The first-order valence-corrected chi connectivity index (χ1v) is 12.8. The highest BCUT2D eigenvalue weighted by molar-refractivity contribution is 7.91. The number of thiophene rings is 1. The van der Waals surface area contributed by atoms with Crippen LogP contribution in [0.2, 0.25) is 0 Å². The molecular formula is C22H21FN6O5S2. The van der Waals surface area contributed by atoms with Crippen molar-refractivity contribution >= 4 is 27.3 Å². The van der Waals surface area contributed by atoms with Crippen LogP contribution in [0.25, 0.3) is 10.6 Å². The fourth-order valence-corrected chi connectivity index (χ4v) is 5.67. The number of methoxy groups -OCH3 is 1. The quantitative estimate of drug-likeness (QED) is 0.208. The zero-order chi connectivity index (χ0) is 25.7. The predicted molar refractivity (Wildman–Crippen MR) is 127 cm³/mol. The summed E-state index contributed by atoms with van der Waals surface area (Å²) in [6.45, 7) is -0.191. The number of pyridine rings is 1. The van der Waals surface area contributed by atoms with Gasteiger partial charge in [0.15, 0.2) is 11.6 Å². The van der Waals surface area contributed by atoms with E-state index in [0.717, 1.165) is 11.3 Å². The van der Waals surface area contributed by atoms with Crippen molar-refractivity contribution in [2.45, 2.75) is 23.2 Å². The van der Waals surface area contributed by atoms with Crippen LogP contribution >= 0.6 is 11.3 Å². The normalized spacial score (nSPS) is 12.3. The smallest absolute Gasteiger partial charge is 0.268 e. The molecule has 3 N–H and O–H groups in total. The second-order valence-corrected chi connectivity index (χ2v) is 10.6. The van der Waals surface area contributed by atoms with Crippen LogP contribution in [0.15, 0.2) is 65.1 Å². The number of sulfonamides is 1. The Morgan fingerprint density at radius 3 is 2.78 bits per heavy atom. The minimum absolute atomic E-state index is 0.0205. The number of ether oxygens (including phenoxy) is 1. The minimum atomic E-state index is -3.85. The standard InChI is InChI=1S/C22H21FN6O5S2/c1-34-19-6-5-14(10-16(19)23)11-18(22(30)27-31)29-13-15(26-28-29)12-25-36(32,33)21-8-7-20(35-21)17-4-2-3-9-24-17/h2-10,13,18,25,31H,11-12H2,1H3,(H,27,30). The SMILES string of the molecule is COc1ccc(CC(C(=O)NO)n2cc(CNS(=O)(=O)c3ccc(-c4ccccn4)s3)nn2)cc1F. The summed E-state index contributed by atoms with van der Waals surface area (Å²) in [5.74, 6) is -1.36. The fourth-order valence-electron chi connectivity index (χ4n) is 3.34. The van der Waals surface area contributed by atoms with E-state index in [-0.39, 0.29) is 28.6 Å². The first-order chi connectivity index (χ1) is 17.3. The molecular weight excluding hydrogens is 511 g/mol. The Bertz CT molecular complexity index is 1460. The molecule has 1 aromatic carbocycles. The molecule has 0 aliphatic rings. The number of hydrogen-bond donors (Lipinski definition) is 3. The van der Waals surface area contributed by atoms with Crippen LogP contribution in [0, 0.1) is 5.82 Å². The molecule has 0 aliphatic heterocycles. The number of rotatable bonds is 10. The van der Waals surface area contributed by atoms with Gasteiger partial charge in [0.1, 0.15) is 10.3 Å². The Labute approximate surface area is 209 Å². The Balaban J connectivity index is 1.46. The maximum absolute atomic E-state index is 14.1. The average molecular weight is 533 g/mol. The molecule has 1 amide bonds. The lowest BCUT2D eigenvalue weighted by atomic mass is 10.1. The largest absolute Gasteiger partial charge is 0.494 e. The second kappa shape index (κ2) is 10.9. The van der Waals surface area contributed by atoms with Gasteiger partial charge < -0.3 is 4.74 Å². The maximum atomic E-state index is 14.1. The van der Waals surface area contributed by atoms with Crippen LogP contribution in [0.3, 0.4) is 0 Å². The van der Waals surface area contributed by atoms with E-state index in [1.54, 1.807) is 35.9 Å². The highest BCUT2D eigenvalue weighted by atomic mass is 32.2. The van der Waals surface area contributed by atoms with E-state index >= 15 is 0 Å². The topological polar surface area (TPSA) is 148 Å². The Morgan fingerprint density at radius 1 is 1.25 bits per heavy atom. The van der Waals surface area contributed by atoms with Crippen LogP contribution in [0.5, 0.6) is 5.75 Å². The second-order valence-electron chi connectivity index (χ2n) is 7.51. The summed E-state index contributed by atoms with van der Waals surface area (Å²) in [6, 6.07) is 11.7. The van der Waals surface area contributed by atoms with E-state index in [9.17, 15) is 17.6 Å². The van der Waals surface area contributed by atoms with Crippen molar-refractivity contribution in [1.29, 1.82) is 0 Å². The highest BCUT2D eigenvalue weighted by Crippen LogP contribution is 2.29. The number of carbonyl (C=O) groups is 1. The maximum Gasteiger partial charge on any atom is 0.268 e. The molecule has 14 heteroatoms. The van der Waals surface area contributed by atoms with Gasteiger partial charge in [-0.2, -0.15) is 0 Å². The average Bonchev–Trinajstić information content (AvgIpc) is 3.57. The van der Waals surface area contributed by atoms with Gasteiger partial charge >= 0.3 is 0 Å². The van der Waals surface area contributed by atoms with Gasteiger partial charge in [-0.25, -0.2) is 27.7 Å². The molecule has 0 bridgehead atoms. The van der Waals surface area contributed by atoms with E-state index in [2.05, 4.69) is 20.0 Å². The van der Waals surface area contributed by atoms with E-state index in [1.165, 1.54) is 36.2 Å². The number of nitrogens with zero attached hydrogens (tertiary/aromatic N) is 4. The van der Waals surface area contributed by atoms with E-state index in [1.807, 2.05) is 6.07 Å². The van der Waals surface area contributed by atoms with Gasteiger partial charge in [-0.3, -0.25) is 15.0 Å². The Hall–Kier alpha value is -3.72. The van der Waals surface area contributed by atoms with Crippen LogP contribution < -0.4 is 14.9 Å². The summed E-state index contributed by atoms with van der Waals surface area (Å²) in [5, 5.41) is 17.0. The lowest BCUT2D eigenvalue weighted by Gasteiger charge is -2.15. The third-order valence-electron chi connectivity index (χ3n) is 5.14. The summed E-state index contributed by atoms with van der Waals surface area (Å²) in [6.07, 6.45) is 2.98. The van der Waals surface area contributed by atoms with Crippen LogP contribution in [0.4, 0.5) is 4.39 Å². The molecule has 11 nitrogen and oxygen atoms in total. The van der Waals surface area contributed by atoms with Crippen molar-refractivity contribution in [3.63, 3.8) is 0 Å². The van der Waals surface area contributed by atoms with Crippen LogP contribution in [-0.2, 0) is 27.8 Å². The van der Waals surface area contributed by atoms with Gasteiger partial charge in [-0.1, -0.05) is 17.3 Å². The van der Waals surface area contributed by atoms with Crippen molar-refractivity contribution < 1.29 is 27.5 Å². The number of carbonyl (C=O) groups excluding carboxylic acids is 1. The number of benzene rings is 1. The number of hydrogen-bond acceptors (Lipinski definition) is 9. The Kier molecular flexibility index (Phi) is 7.69. The molecule has 4 rings (SSSR count). The van der Waals surface area contributed by atoms with E-state index in [0.29, 0.717) is 16.1 Å². The summed E-state index contributed by atoms with van der Waals surface area (Å²) in [4.78, 5) is 17.2. The molecule has 0 aliphatic carbocycles. The fraction of sp³-hybridized carbons (Fsp3) is 0.182. The minimum Gasteiger partial charge on any atom is -0.494 e. The van der Waals surface area contributed by atoms with Crippen molar-refractivity contribution in [3.8, 4) is 16.3 Å². The van der Waals surface area contributed by atoms with Gasteiger partial charge in [0.05, 0.1) is 36.1 Å². The highest BCUT2D eigenvalue weighted by Gasteiger charge is 2.24. The molecule has 0 saturated heterocycles. The molecule has 4 aromatic rings. The zero-order valence-corrected chi connectivity index (χ0v) is 20.5. The van der Waals surface area contributed by atoms with Crippen molar-refractivity contribution in [2.75, 3.05) is 7.11 Å². The lowest BCUT2D eigenvalue weighted by molar-refractivity contribution is -0.133. The molecule has 0 radical (unpaired) electrons. The first-order valence-electron chi connectivity index (χ1n) is 10.5. The molecule has 3 heterocycles. The third-order valence-corrected chi connectivity index (χ3v) is 8.14. The monoisotopic (exact) mass is 532 g/mol. The van der Waals surface area contributed by atoms with E-state index < -0.39 is 27.8 Å². The van der Waals surface area contributed by atoms with Gasteiger partial charge in [0, 0.05) is 12.6 Å². The van der Waals surface area contributed by atoms with Gasteiger partial charge in [-0.05, 0) is 42.0 Å². The third kappa shape index (κ3) is 5.73. The first kappa shape index (κ1) is 25.4. The summed E-state index contributed by atoms with van der Waals surface area (Å²) < 4.78 is 48.2. The number of nitrogens with one attached hydrogen (secondary N) is 2. The molecule has 188 valence electrons. The molecule has 36 heavy (non-hydrogen) atoms. The van der Waals surface area contributed by atoms with E-state index in [4.69, 9.17) is 9.94 Å². The summed E-state index contributed by atoms with van der Waals surface area (Å²) in [7, 11) is -2.51. The van der Waals surface area contributed by atoms with Crippen molar-refractivity contribution in [3.05, 3.63) is 78.0 Å². The number of amides is 1. The van der Waals surface area contributed by atoms with Crippen molar-refractivity contribution in [1.82, 2.24) is 30.2 Å². The van der Waals surface area contributed by atoms with Crippen LogP contribution in [0.1, 0.15) is 17.3 Å². The molecule has 1 atom stereocenters. The predicted octanol–water partition coefficient (Wildman–Crippen LogP) is 2.32. The molecule has 3 aromatic heterocycles. The summed E-state index contributed by atoms with van der Waals surface area (Å²) >= 11 is 1.08. The molecule has 0 fully saturated rings. The van der Waals surface area contributed by atoms with Gasteiger partial charge in [0.2, 0.25) is 10.0 Å². The number of halogens is 1. The summed E-state index contributed by atoms with van der Waals surface area (Å²) in [5.41, 5.74) is 2.90. The molecule has 1 unspecified atom stereocenters. The Morgan fingerprint density at radius 2 is 2.08 bits per heavy atom. The lowest BCUT2D eigenvalue weighted by Crippen LogP contribution is -2.32. The molecule has 0 spiro atoms. The number of aromatic nitrogens is 4. The van der Waals surface area contributed by atoms with Gasteiger partial charge in [-0.15, -0.1) is 16.4 Å². The zero-order valence-electron chi connectivity index (χ0n) is 18.8. The molecule has 0 saturated carbocycles. The number of hydroxylamine groups is 1. The van der Waals surface area contributed by atoms with Crippen molar-refractivity contribution in [2.24, 2.45) is 0 Å². The van der Waals surface area contributed by atoms with Crippen LogP contribution in [-0.4, -0.2) is 46.6 Å².